The molecule has 0 fully saturated rings. The van der Waals surface area contributed by atoms with Gasteiger partial charge in [-0.3, -0.25) is 0 Å². The zero-order valence-corrected chi connectivity index (χ0v) is 8.90. The lowest BCUT2D eigenvalue weighted by Crippen LogP contribution is -1.88. The predicted molar refractivity (Wildman–Crippen MR) is 56.3 cm³/mol. The zero-order valence-electron chi connectivity index (χ0n) is 8.08. The third-order valence-corrected chi connectivity index (χ3v) is 2.92. The number of benzene rings is 1. The summed E-state index contributed by atoms with van der Waals surface area (Å²) in [5, 5.41) is 17.2. The molecule has 0 amide bonds. The second-order valence-corrected chi connectivity index (χ2v) is 4.00. The summed E-state index contributed by atoms with van der Waals surface area (Å²) in [5.74, 6) is 0. The van der Waals surface area contributed by atoms with E-state index in [0.29, 0.717) is 5.56 Å². The van der Waals surface area contributed by atoms with Gasteiger partial charge in [0, 0.05) is 11.9 Å². The van der Waals surface area contributed by atoms with Crippen LogP contribution in [0.15, 0.2) is 40.6 Å². The first-order valence-corrected chi connectivity index (χ1v) is 5.13. The summed E-state index contributed by atoms with van der Waals surface area (Å²) in [6.07, 6.45) is 1.66. The van der Waals surface area contributed by atoms with Gasteiger partial charge in [0.25, 0.3) is 0 Å². The molecule has 0 aliphatic carbocycles. The number of nitrogens with zero attached hydrogens (tertiary/aromatic N) is 4. The summed E-state index contributed by atoms with van der Waals surface area (Å²) in [5.41, 5.74) is 0.664. The van der Waals surface area contributed by atoms with Gasteiger partial charge in [0.15, 0.2) is 5.16 Å². The Morgan fingerprint density at radius 3 is 2.60 bits per heavy atom. The van der Waals surface area contributed by atoms with Crippen LogP contribution in [-0.2, 0) is 7.05 Å². The first-order chi connectivity index (χ1) is 7.29. The van der Waals surface area contributed by atoms with E-state index in [1.807, 2.05) is 23.7 Å². The van der Waals surface area contributed by atoms with E-state index in [2.05, 4.69) is 16.3 Å². The maximum absolute atomic E-state index is 8.65. The molecule has 15 heavy (non-hydrogen) atoms. The Morgan fingerprint density at radius 2 is 2.07 bits per heavy atom. The molecular formula is C10H8N4S. The van der Waals surface area contributed by atoms with Crippen molar-refractivity contribution in [1.29, 1.82) is 5.26 Å². The van der Waals surface area contributed by atoms with Gasteiger partial charge in [0.2, 0.25) is 0 Å². The third-order valence-electron chi connectivity index (χ3n) is 1.86. The second-order valence-electron chi connectivity index (χ2n) is 2.96. The molecule has 0 bridgehead atoms. The van der Waals surface area contributed by atoms with Crippen LogP contribution in [0.1, 0.15) is 5.56 Å². The van der Waals surface area contributed by atoms with Crippen molar-refractivity contribution in [2.75, 3.05) is 0 Å². The van der Waals surface area contributed by atoms with Crippen LogP contribution >= 0.6 is 11.8 Å². The van der Waals surface area contributed by atoms with Crippen molar-refractivity contribution in [3.8, 4) is 6.07 Å². The number of hydrogen-bond acceptors (Lipinski definition) is 4. The average molecular weight is 216 g/mol. The Bertz CT molecular complexity index is 495. The van der Waals surface area contributed by atoms with Gasteiger partial charge in [-0.25, -0.2) is 0 Å². The van der Waals surface area contributed by atoms with Crippen LogP contribution in [0.25, 0.3) is 0 Å². The van der Waals surface area contributed by atoms with Crippen LogP contribution < -0.4 is 0 Å². The fourth-order valence-electron chi connectivity index (χ4n) is 1.07. The van der Waals surface area contributed by atoms with Gasteiger partial charge < -0.3 is 4.57 Å². The highest BCUT2D eigenvalue weighted by atomic mass is 32.2. The van der Waals surface area contributed by atoms with Gasteiger partial charge in [0.1, 0.15) is 6.33 Å². The molecule has 0 unspecified atom stereocenters. The van der Waals surface area contributed by atoms with Crippen molar-refractivity contribution in [1.82, 2.24) is 14.8 Å². The van der Waals surface area contributed by atoms with Gasteiger partial charge in [-0.1, -0.05) is 0 Å². The fraction of sp³-hybridized carbons (Fsp3) is 0.100. The van der Waals surface area contributed by atoms with E-state index in [1.165, 1.54) is 11.8 Å². The summed E-state index contributed by atoms with van der Waals surface area (Å²) < 4.78 is 1.85. The van der Waals surface area contributed by atoms with Gasteiger partial charge in [-0.05, 0) is 36.0 Å². The molecule has 0 aliphatic heterocycles. The van der Waals surface area contributed by atoms with Gasteiger partial charge in [-0.15, -0.1) is 10.2 Å². The van der Waals surface area contributed by atoms with E-state index in [1.54, 1.807) is 18.5 Å². The Morgan fingerprint density at radius 1 is 1.33 bits per heavy atom. The van der Waals surface area contributed by atoms with Crippen molar-refractivity contribution >= 4 is 11.8 Å². The van der Waals surface area contributed by atoms with Crippen LogP contribution in [0.5, 0.6) is 0 Å². The number of hydrogen-bond donors (Lipinski definition) is 0. The van der Waals surface area contributed by atoms with Crippen molar-refractivity contribution in [2.24, 2.45) is 7.05 Å². The monoisotopic (exact) mass is 216 g/mol. The molecule has 0 saturated heterocycles. The minimum atomic E-state index is 0.664. The van der Waals surface area contributed by atoms with Crippen molar-refractivity contribution in [3.05, 3.63) is 36.2 Å². The summed E-state index contributed by atoms with van der Waals surface area (Å²) >= 11 is 1.52. The first kappa shape index (κ1) is 9.74. The minimum Gasteiger partial charge on any atom is -0.311 e. The molecule has 2 rings (SSSR count). The zero-order chi connectivity index (χ0) is 10.7. The fourth-order valence-corrected chi connectivity index (χ4v) is 1.83. The lowest BCUT2D eigenvalue weighted by atomic mass is 10.2. The molecular weight excluding hydrogens is 208 g/mol. The highest BCUT2D eigenvalue weighted by Gasteiger charge is 2.02. The van der Waals surface area contributed by atoms with Crippen molar-refractivity contribution < 1.29 is 0 Å². The maximum atomic E-state index is 8.65. The van der Waals surface area contributed by atoms with E-state index in [9.17, 15) is 0 Å². The predicted octanol–water partition coefficient (Wildman–Crippen LogP) is 1.84. The normalized spacial score (nSPS) is 9.87. The average Bonchev–Trinajstić information content (AvgIpc) is 2.66. The lowest BCUT2D eigenvalue weighted by Gasteiger charge is -1.99. The van der Waals surface area contributed by atoms with Gasteiger partial charge >= 0.3 is 0 Å². The van der Waals surface area contributed by atoms with Crippen LogP contribution in [0.2, 0.25) is 0 Å². The molecule has 0 saturated carbocycles. The molecule has 0 N–H and O–H groups in total. The molecule has 0 spiro atoms. The van der Waals surface area contributed by atoms with Crippen LogP contribution in [-0.4, -0.2) is 14.8 Å². The summed E-state index contributed by atoms with van der Waals surface area (Å²) in [4.78, 5) is 1.05. The molecule has 1 aromatic heterocycles. The Hall–Kier alpha value is -1.80. The highest BCUT2D eigenvalue weighted by molar-refractivity contribution is 7.99. The van der Waals surface area contributed by atoms with E-state index in [4.69, 9.17) is 5.26 Å². The van der Waals surface area contributed by atoms with E-state index < -0.39 is 0 Å². The second kappa shape index (κ2) is 4.15. The highest BCUT2D eigenvalue weighted by Crippen LogP contribution is 2.24. The molecule has 0 aliphatic rings. The van der Waals surface area contributed by atoms with E-state index in [-0.39, 0.29) is 0 Å². The largest absolute Gasteiger partial charge is 0.311 e. The van der Waals surface area contributed by atoms with Crippen molar-refractivity contribution in [2.45, 2.75) is 10.1 Å². The van der Waals surface area contributed by atoms with Crippen LogP contribution in [0.4, 0.5) is 0 Å². The quantitative estimate of drug-likeness (QED) is 0.768. The molecule has 0 atom stereocenters. The van der Waals surface area contributed by atoms with Crippen LogP contribution in [0.3, 0.4) is 0 Å². The SMILES string of the molecule is Cn1cnnc1Sc1ccc(C#N)cc1. The Balaban J connectivity index is 2.19. The Kier molecular flexibility index (Phi) is 2.70. The summed E-state index contributed by atoms with van der Waals surface area (Å²) in [7, 11) is 1.89. The Labute approximate surface area is 91.6 Å². The smallest absolute Gasteiger partial charge is 0.195 e. The van der Waals surface area contributed by atoms with E-state index >= 15 is 0 Å². The summed E-state index contributed by atoms with van der Waals surface area (Å²) in [6, 6.07) is 9.46. The number of aromatic nitrogens is 3. The molecule has 2 aromatic rings. The topological polar surface area (TPSA) is 54.5 Å². The molecule has 5 heteroatoms. The molecule has 4 nitrogen and oxygen atoms in total. The van der Waals surface area contributed by atoms with Gasteiger partial charge in [-0.2, -0.15) is 5.26 Å². The molecule has 0 radical (unpaired) electrons. The maximum Gasteiger partial charge on any atom is 0.195 e. The van der Waals surface area contributed by atoms with Crippen LogP contribution in [0, 0.1) is 11.3 Å². The van der Waals surface area contributed by atoms with E-state index in [0.717, 1.165) is 10.1 Å². The molecule has 1 heterocycles. The number of nitriles is 1. The third kappa shape index (κ3) is 2.17. The standard InChI is InChI=1S/C10H8N4S/c1-14-7-12-13-10(14)15-9-4-2-8(6-11)3-5-9/h2-5,7H,1H3. The lowest BCUT2D eigenvalue weighted by molar-refractivity contribution is 0.788. The number of aryl methyl sites for hydroxylation is 1. The first-order valence-electron chi connectivity index (χ1n) is 4.31. The van der Waals surface area contributed by atoms with Gasteiger partial charge in [0.05, 0.1) is 11.6 Å². The molecule has 74 valence electrons. The van der Waals surface area contributed by atoms with Crippen molar-refractivity contribution in [3.63, 3.8) is 0 Å². The molecule has 1 aromatic carbocycles. The minimum absolute atomic E-state index is 0.664. The number of rotatable bonds is 2. The summed E-state index contributed by atoms with van der Waals surface area (Å²) in [6.45, 7) is 0.